The van der Waals surface area contributed by atoms with Gasteiger partial charge in [-0.25, -0.2) is 0 Å². The molecule has 5 heteroatoms. The molecule has 19 heavy (non-hydrogen) atoms. The van der Waals surface area contributed by atoms with Crippen molar-refractivity contribution in [2.24, 2.45) is 11.7 Å². The van der Waals surface area contributed by atoms with Crippen LogP contribution in [0.1, 0.15) is 46.5 Å². The van der Waals surface area contributed by atoms with Crippen LogP contribution in [0.4, 0.5) is 0 Å². The van der Waals surface area contributed by atoms with Crippen molar-refractivity contribution < 1.29 is 13.6 Å². The van der Waals surface area contributed by atoms with E-state index in [1.54, 1.807) is 0 Å². The maximum absolute atomic E-state index is 6.15. The Bertz CT molecular complexity index is 229. The van der Waals surface area contributed by atoms with E-state index in [9.17, 15) is 0 Å². The normalized spacial score (nSPS) is 26.5. The van der Waals surface area contributed by atoms with Gasteiger partial charge in [0.25, 0.3) is 0 Å². The number of hydrogen-bond acceptors (Lipinski definition) is 4. The van der Waals surface area contributed by atoms with E-state index in [1.165, 1.54) is 12.8 Å². The van der Waals surface area contributed by atoms with Crippen molar-refractivity contribution >= 4 is 8.56 Å². The van der Waals surface area contributed by atoms with Gasteiger partial charge >= 0.3 is 8.56 Å². The second kappa shape index (κ2) is 9.08. The predicted octanol–water partition coefficient (Wildman–Crippen LogP) is 2.59. The number of rotatable bonds is 9. The second-order valence-corrected chi connectivity index (χ2v) is 8.41. The maximum atomic E-state index is 6.15. The predicted molar refractivity (Wildman–Crippen MR) is 80.2 cm³/mol. The highest BCUT2D eigenvalue weighted by atomic mass is 28.4. The first-order chi connectivity index (χ1) is 9.24. The van der Waals surface area contributed by atoms with Gasteiger partial charge in [-0.1, -0.05) is 6.42 Å². The first-order valence-electron chi connectivity index (χ1n) is 7.83. The molecule has 0 spiro atoms. The zero-order valence-electron chi connectivity index (χ0n) is 12.8. The highest BCUT2D eigenvalue weighted by molar-refractivity contribution is 6.69. The van der Waals surface area contributed by atoms with Crippen LogP contribution in [0.3, 0.4) is 0 Å². The van der Waals surface area contributed by atoms with Crippen LogP contribution >= 0.6 is 0 Å². The van der Waals surface area contributed by atoms with Crippen LogP contribution in [0.25, 0.3) is 0 Å². The molecule has 0 aliphatic carbocycles. The van der Waals surface area contributed by atoms with Crippen molar-refractivity contribution in [2.75, 3.05) is 26.4 Å². The van der Waals surface area contributed by atoms with Gasteiger partial charge in [-0.2, -0.15) is 0 Å². The van der Waals surface area contributed by atoms with Crippen LogP contribution in [0.15, 0.2) is 0 Å². The highest BCUT2D eigenvalue weighted by Crippen LogP contribution is 2.38. The summed E-state index contributed by atoms with van der Waals surface area (Å²) in [4.78, 5) is 0. The van der Waals surface area contributed by atoms with Crippen molar-refractivity contribution in [3.05, 3.63) is 0 Å². The van der Waals surface area contributed by atoms with Crippen LogP contribution in [-0.2, 0) is 13.6 Å². The Morgan fingerprint density at radius 3 is 2.32 bits per heavy atom. The molecule has 0 saturated carbocycles. The Labute approximate surface area is 119 Å². The average molecular weight is 289 g/mol. The fourth-order valence-electron chi connectivity index (χ4n) is 3.22. The molecule has 0 amide bonds. The van der Waals surface area contributed by atoms with Gasteiger partial charge in [0, 0.05) is 19.8 Å². The average Bonchev–Trinajstić information content (AvgIpc) is 2.40. The van der Waals surface area contributed by atoms with Gasteiger partial charge in [0.05, 0.1) is 0 Å². The Morgan fingerprint density at radius 2 is 1.79 bits per heavy atom. The molecule has 0 aromatic rings. The molecule has 0 bridgehead atoms. The topological polar surface area (TPSA) is 53.7 Å². The zero-order chi connectivity index (χ0) is 14.1. The molecule has 1 heterocycles. The summed E-state index contributed by atoms with van der Waals surface area (Å²) in [6, 6.07) is 1.07. The number of hydrogen-bond donors (Lipinski definition) is 1. The summed E-state index contributed by atoms with van der Waals surface area (Å²) in [7, 11) is -2.21. The van der Waals surface area contributed by atoms with Crippen LogP contribution in [0.2, 0.25) is 6.04 Å². The first kappa shape index (κ1) is 17.1. The largest absolute Gasteiger partial charge is 0.393 e. The van der Waals surface area contributed by atoms with Crippen molar-refractivity contribution in [1.29, 1.82) is 0 Å². The molecule has 1 aliphatic rings. The number of ether oxygens (including phenoxy) is 1. The van der Waals surface area contributed by atoms with Crippen LogP contribution in [0.5, 0.6) is 0 Å². The van der Waals surface area contributed by atoms with E-state index in [-0.39, 0.29) is 5.73 Å². The summed E-state index contributed by atoms with van der Waals surface area (Å²) in [5.41, 5.74) is 5.84. The van der Waals surface area contributed by atoms with E-state index in [1.807, 2.05) is 0 Å². The number of nitrogens with two attached hydrogens (primary N) is 1. The highest BCUT2D eigenvalue weighted by Gasteiger charge is 2.52. The molecule has 1 aliphatic heterocycles. The minimum atomic E-state index is -2.21. The molecule has 1 saturated heterocycles. The lowest BCUT2D eigenvalue weighted by molar-refractivity contribution is 0.00573. The third-order valence-electron chi connectivity index (χ3n) is 3.86. The molecule has 0 radical (unpaired) electrons. The lowest BCUT2D eigenvalue weighted by Gasteiger charge is -2.44. The standard InChI is InChI=1S/C14H31NO3Si/c1-4-16-14-13(9-7-11-15)10-8-12-19(14,17-5-2)18-6-3/h13-14H,4-12,15H2,1-3H3. The van der Waals surface area contributed by atoms with E-state index in [0.29, 0.717) is 5.92 Å². The van der Waals surface area contributed by atoms with E-state index >= 15 is 0 Å². The molecule has 1 fully saturated rings. The maximum Gasteiger partial charge on any atom is 0.368 e. The molecular formula is C14H31NO3Si. The van der Waals surface area contributed by atoms with E-state index in [0.717, 1.165) is 45.3 Å². The van der Waals surface area contributed by atoms with Gasteiger partial charge in [-0.3, -0.25) is 0 Å². The molecule has 0 aromatic heterocycles. The van der Waals surface area contributed by atoms with Crippen molar-refractivity contribution in [3.63, 3.8) is 0 Å². The van der Waals surface area contributed by atoms with Gasteiger partial charge in [0.15, 0.2) is 0 Å². The summed E-state index contributed by atoms with van der Waals surface area (Å²) in [5.74, 6) is 0.557. The Balaban J connectivity index is 2.83. The summed E-state index contributed by atoms with van der Waals surface area (Å²) in [5, 5.41) is 0. The smallest absolute Gasteiger partial charge is 0.368 e. The monoisotopic (exact) mass is 289 g/mol. The first-order valence-corrected chi connectivity index (χ1v) is 9.93. The third kappa shape index (κ3) is 4.53. The Kier molecular flexibility index (Phi) is 8.17. The van der Waals surface area contributed by atoms with Gasteiger partial charge < -0.3 is 19.3 Å². The van der Waals surface area contributed by atoms with Gasteiger partial charge in [0.2, 0.25) is 0 Å². The van der Waals surface area contributed by atoms with Gasteiger partial charge in [0.1, 0.15) is 5.73 Å². The van der Waals surface area contributed by atoms with Crippen LogP contribution < -0.4 is 5.73 Å². The second-order valence-electron chi connectivity index (χ2n) is 5.14. The molecule has 2 unspecified atom stereocenters. The van der Waals surface area contributed by atoms with E-state index < -0.39 is 8.56 Å². The molecule has 2 atom stereocenters. The van der Waals surface area contributed by atoms with Gasteiger partial charge in [-0.05, 0) is 58.5 Å². The van der Waals surface area contributed by atoms with Crippen LogP contribution in [-0.4, -0.2) is 40.7 Å². The fourth-order valence-corrected chi connectivity index (χ4v) is 7.35. The Morgan fingerprint density at radius 1 is 1.11 bits per heavy atom. The summed E-state index contributed by atoms with van der Waals surface area (Å²) in [6.07, 6.45) is 4.62. The quantitative estimate of drug-likeness (QED) is 0.663. The molecule has 114 valence electrons. The SMILES string of the molecule is CCOC1C(CCCN)CCC[Si]1(OCC)OCC. The van der Waals surface area contributed by atoms with Crippen molar-refractivity contribution in [1.82, 2.24) is 0 Å². The molecular weight excluding hydrogens is 258 g/mol. The molecule has 0 aromatic carbocycles. The molecule has 4 nitrogen and oxygen atoms in total. The minimum Gasteiger partial charge on any atom is -0.393 e. The Hall–Kier alpha value is 0.0569. The minimum absolute atomic E-state index is 0.178. The third-order valence-corrected chi connectivity index (χ3v) is 7.97. The summed E-state index contributed by atoms with van der Waals surface area (Å²) < 4.78 is 18.4. The fraction of sp³-hybridized carbons (Fsp3) is 1.00. The van der Waals surface area contributed by atoms with Crippen molar-refractivity contribution in [2.45, 2.75) is 58.2 Å². The van der Waals surface area contributed by atoms with Crippen LogP contribution in [0, 0.1) is 5.92 Å². The van der Waals surface area contributed by atoms with E-state index in [2.05, 4.69) is 20.8 Å². The summed E-state index contributed by atoms with van der Waals surface area (Å²) >= 11 is 0. The molecule has 2 N–H and O–H groups in total. The molecule has 1 rings (SSSR count). The van der Waals surface area contributed by atoms with E-state index in [4.69, 9.17) is 19.3 Å². The summed E-state index contributed by atoms with van der Waals surface area (Å²) in [6.45, 7) is 9.11. The van der Waals surface area contributed by atoms with Gasteiger partial charge in [-0.15, -0.1) is 0 Å². The van der Waals surface area contributed by atoms with Crippen molar-refractivity contribution in [3.8, 4) is 0 Å². The lowest BCUT2D eigenvalue weighted by atomic mass is 9.98. The zero-order valence-corrected chi connectivity index (χ0v) is 13.8. The lowest BCUT2D eigenvalue weighted by Crippen LogP contribution is -2.60.